The summed E-state index contributed by atoms with van der Waals surface area (Å²) in [5.74, 6) is 0.317. The molecule has 0 aromatic carbocycles. The first-order chi connectivity index (χ1) is 9.46. The summed E-state index contributed by atoms with van der Waals surface area (Å²) in [6.45, 7) is 13.4. The minimum absolute atomic E-state index is 0.221. The summed E-state index contributed by atoms with van der Waals surface area (Å²) in [5.41, 5.74) is -0.677. The van der Waals surface area contributed by atoms with Crippen molar-refractivity contribution in [3.05, 3.63) is 0 Å². The van der Waals surface area contributed by atoms with Crippen LogP contribution >= 0.6 is 0 Å². The lowest BCUT2D eigenvalue weighted by atomic mass is 9.98. The first-order valence-electron chi connectivity index (χ1n) is 7.54. The number of carbonyl (C=O) groups excluding carboxylic acids is 1. The van der Waals surface area contributed by atoms with Crippen molar-refractivity contribution >= 4 is 5.97 Å². The third-order valence-electron chi connectivity index (χ3n) is 2.86. The van der Waals surface area contributed by atoms with Crippen molar-refractivity contribution < 1.29 is 19.0 Å². The van der Waals surface area contributed by atoms with Gasteiger partial charge in [-0.2, -0.15) is 0 Å². The Kier molecular flexibility index (Phi) is 10.7. The van der Waals surface area contributed by atoms with Gasteiger partial charge in [-0.3, -0.25) is 4.79 Å². The molecule has 0 saturated carbocycles. The molecule has 1 atom stereocenters. The Balaban J connectivity index is 3.89. The highest BCUT2D eigenvalue weighted by molar-refractivity contribution is 5.80. The van der Waals surface area contributed by atoms with Crippen LogP contribution in [0, 0.1) is 5.92 Å². The van der Waals surface area contributed by atoms with Crippen LogP contribution in [0.5, 0.6) is 0 Å². The van der Waals surface area contributed by atoms with Gasteiger partial charge in [-0.25, -0.2) is 0 Å². The number of hydrogen-bond donors (Lipinski definition) is 1. The molecule has 0 aliphatic rings. The van der Waals surface area contributed by atoms with Gasteiger partial charge in [0.15, 0.2) is 0 Å². The van der Waals surface area contributed by atoms with Crippen LogP contribution in [0.3, 0.4) is 0 Å². The van der Waals surface area contributed by atoms with Gasteiger partial charge in [0.25, 0.3) is 0 Å². The van der Waals surface area contributed by atoms with E-state index < -0.39 is 5.54 Å². The summed E-state index contributed by atoms with van der Waals surface area (Å²) in [5, 5.41) is 3.17. The van der Waals surface area contributed by atoms with Gasteiger partial charge in [0, 0.05) is 13.2 Å². The second-order valence-electron chi connectivity index (χ2n) is 5.41. The molecule has 0 fully saturated rings. The topological polar surface area (TPSA) is 56.8 Å². The molecule has 1 unspecified atom stereocenters. The summed E-state index contributed by atoms with van der Waals surface area (Å²) >= 11 is 0. The zero-order valence-electron chi connectivity index (χ0n) is 13.7. The molecular weight excluding hydrogens is 258 g/mol. The summed E-state index contributed by atoms with van der Waals surface area (Å²) in [4.78, 5) is 11.9. The number of nitrogens with one attached hydrogen (secondary N) is 1. The maximum atomic E-state index is 11.9. The molecule has 0 aromatic heterocycles. The monoisotopic (exact) mass is 289 g/mol. The zero-order valence-corrected chi connectivity index (χ0v) is 13.7. The number of ether oxygens (including phenoxy) is 3. The van der Waals surface area contributed by atoms with Crippen molar-refractivity contribution in [1.82, 2.24) is 5.32 Å². The Labute approximate surface area is 123 Å². The number of likely N-dealkylation sites (N-methyl/N-ethyl adjacent to an activating group) is 1. The highest BCUT2D eigenvalue weighted by atomic mass is 16.5. The summed E-state index contributed by atoms with van der Waals surface area (Å²) in [7, 11) is 0. The highest BCUT2D eigenvalue weighted by Crippen LogP contribution is 2.12. The first kappa shape index (κ1) is 19.4. The van der Waals surface area contributed by atoms with E-state index in [0.29, 0.717) is 45.3 Å². The van der Waals surface area contributed by atoms with E-state index in [1.165, 1.54) is 0 Å². The molecule has 0 radical (unpaired) electrons. The maximum Gasteiger partial charge on any atom is 0.326 e. The number of esters is 1. The number of carbonyl (C=O) groups is 1. The van der Waals surface area contributed by atoms with Crippen molar-refractivity contribution in [1.29, 1.82) is 0 Å². The predicted molar refractivity (Wildman–Crippen MR) is 79.8 cm³/mol. The lowest BCUT2D eigenvalue weighted by Crippen LogP contribution is -2.51. The van der Waals surface area contributed by atoms with Gasteiger partial charge < -0.3 is 19.5 Å². The molecule has 0 amide bonds. The zero-order chi connectivity index (χ0) is 15.4. The van der Waals surface area contributed by atoms with E-state index in [1.54, 1.807) is 0 Å². The molecule has 0 spiro atoms. The van der Waals surface area contributed by atoms with Crippen LogP contribution < -0.4 is 5.32 Å². The van der Waals surface area contributed by atoms with E-state index in [2.05, 4.69) is 19.2 Å². The predicted octanol–water partition coefficient (Wildman–Crippen LogP) is 2.00. The van der Waals surface area contributed by atoms with Gasteiger partial charge >= 0.3 is 5.97 Å². The molecule has 0 aliphatic heterocycles. The van der Waals surface area contributed by atoms with E-state index in [9.17, 15) is 4.79 Å². The van der Waals surface area contributed by atoms with Crippen LogP contribution in [0.2, 0.25) is 0 Å². The molecule has 120 valence electrons. The molecule has 0 aromatic rings. The third kappa shape index (κ3) is 8.51. The van der Waals surface area contributed by atoms with Gasteiger partial charge in [0.05, 0.1) is 19.8 Å². The molecule has 1 N–H and O–H groups in total. The molecular formula is C15H31NO4. The highest BCUT2D eigenvalue weighted by Gasteiger charge is 2.33. The number of rotatable bonds is 12. The van der Waals surface area contributed by atoms with Crippen LogP contribution in [-0.2, 0) is 19.0 Å². The van der Waals surface area contributed by atoms with Crippen molar-refractivity contribution in [2.75, 3.05) is 39.6 Å². The Morgan fingerprint density at radius 2 is 1.80 bits per heavy atom. The van der Waals surface area contributed by atoms with Crippen molar-refractivity contribution in [2.24, 2.45) is 5.92 Å². The Bertz CT molecular complexity index is 258. The maximum absolute atomic E-state index is 11.9. The molecule has 0 bridgehead atoms. The third-order valence-corrected chi connectivity index (χ3v) is 2.86. The quantitative estimate of drug-likeness (QED) is 0.440. The summed E-state index contributed by atoms with van der Waals surface area (Å²) < 4.78 is 16.0. The minimum Gasteiger partial charge on any atom is -0.465 e. The van der Waals surface area contributed by atoms with Gasteiger partial charge in [0.1, 0.15) is 5.54 Å². The van der Waals surface area contributed by atoms with Crippen molar-refractivity contribution in [3.63, 3.8) is 0 Å². The lowest BCUT2D eigenvalue weighted by molar-refractivity contribution is -0.151. The van der Waals surface area contributed by atoms with E-state index in [-0.39, 0.29) is 5.97 Å². The van der Waals surface area contributed by atoms with Crippen molar-refractivity contribution in [2.45, 2.75) is 46.6 Å². The van der Waals surface area contributed by atoms with Gasteiger partial charge in [0.2, 0.25) is 0 Å². The largest absolute Gasteiger partial charge is 0.465 e. The minimum atomic E-state index is -0.677. The van der Waals surface area contributed by atoms with Crippen molar-refractivity contribution in [3.8, 4) is 0 Å². The van der Waals surface area contributed by atoms with Gasteiger partial charge in [-0.1, -0.05) is 20.8 Å². The summed E-state index contributed by atoms with van der Waals surface area (Å²) in [6.07, 6.45) is 0.587. The fourth-order valence-electron chi connectivity index (χ4n) is 1.76. The second-order valence-corrected chi connectivity index (χ2v) is 5.41. The van der Waals surface area contributed by atoms with E-state index in [4.69, 9.17) is 14.2 Å². The normalized spacial score (nSPS) is 14.3. The standard InChI is InChI=1S/C15H31NO4/c1-6-16-15(5,14(17)20-7-2)8-9-18-10-11-19-12-13(3)4/h13,16H,6-12H2,1-5H3. The molecule has 0 rings (SSSR count). The Hall–Kier alpha value is -0.650. The van der Waals surface area contributed by atoms with E-state index in [1.807, 2.05) is 20.8 Å². The molecule has 0 saturated heterocycles. The van der Waals surface area contributed by atoms with Crippen LogP contribution in [0.25, 0.3) is 0 Å². The molecule has 5 heteroatoms. The van der Waals surface area contributed by atoms with Crippen LogP contribution in [0.1, 0.15) is 41.0 Å². The second kappa shape index (κ2) is 11.1. The molecule has 20 heavy (non-hydrogen) atoms. The fourth-order valence-corrected chi connectivity index (χ4v) is 1.76. The smallest absolute Gasteiger partial charge is 0.326 e. The lowest BCUT2D eigenvalue weighted by Gasteiger charge is -2.27. The summed E-state index contributed by atoms with van der Waals surface area (Å²) in [6, 6.07) is 0. The average molecular weight is 289 g/mol. The van der Waals surface area contributed by atoms with E-state index >= 15 is 0 Å². The van der Waals surface area contributed by atoms with Crippen LogP contribution in [-0.4, -0.2) is 51.1 Å². The van der Waals surface area contributed by atoms with E-state index in [0.717, 1.165) is 6.61 Å². The average Bonchev–Trinajstić information content (AvgIpc) is 2.38. The van der Waals surface area contributed by atoms with Gasteiger partial charge in [-0.15, -0.1) is 0 Å². The molecule has 0 aliphatic carbocycles. The van der Waals surface area contributed by atoms with Crippen LogP contribution in [0.4, 0.5) is 0 Å². The van der Waals surface area contributed by atoms with Gasteiger partial charge in [-0.05, 0) is 32.7 Å². The molecule has 0 heterocycles. The SMILES string of the molecule is CCNC(C)(CCOCCOCC(C)C)C(=O)OCC. The first-order valence-corrected chi connectivity index (χ1v) is 7.54. The molecule has 5 nitrogen and oxygen atoms in total. The Morgan fingerprint density at radius 1 is 1.15 bits per heavy atom. The number of hydrogen-bond acceptors (Lipinski definition) is 5. The fraction of sp³-hybridized carbons (Fsp3) is 0.933. The Morgan fingerprint density at radius 3 is 2.35 bits per heavy atom. The van der Waals surface area contributed by atoms with Crippen LogP contribution in [0.15, 0.2) is 0 Å².